The minimum atomic E-state index is -0.0130. The van der Waals surface area contributed by atoms with Crippen molar-refractivity contribution in [1.82, 2.24) is 0 Å². The molecule has 3 nitrogen and oxygen atoms in total. The molecule has 0 amide bonds. The highest BCUT2D eigenvalue weighted by molar-refractivity contribution is 5.90. The topological polar surface area (TPSA) is 50.4 Å². The van der Waals surface area contributed by atoms with Crippen LogP contribution in [0.3, 0.4) is 0 Å². The van der Waals surface area contributed by atoms with Gasteiger partial charge >= 0.3 is 0 Å². The molecule has 3 heteroatoms. The maximum absolute atomic E-state index is 12.5. The molecule has 0 spiro atoms. The normalized spacial score (nSPS) is 11.5. The van der Waals surface area contributed by atoms with E-state index in [-0.39, 0.29) is 11.2 Å². The first kappa shape index (κ1) is 14.3. The summed E-state index contributed by atoms with van der Waals surface area (Å²) in [6, 6.07) is 19.8. The van der Waals surface area contributed by atoms with Crippen LogP contribution in [-0.2, 0) is 0 Å². The second kappa shape index (κ2) is 5.70. The number of benzene rings is 3. The van der Waals surface area contributed by atoms with Crippen LogP contribution in [0.25, 0.3) is 34.1 Å². The Morgan fingerprint density at radius 2 is 1.42 bits per heavy atom. The molecule has 4 rings (SSSR count). The summed E-state index contributed by atoms with van der Waals surface area (Å²) < 4.78 is 5.87. The SMILES string of the molecule is O=c1c2ccccc2oc2cc(C=Cc3ccc(O)cc3)ccc12. The first-order valence-electron chi connectivity index (χ1n) is 7.63. The molecule has 4 aromatic rings. The number of fused-ring (bicyclic) bond motifs is 2. The van der Waals surface area contributed by atoms with Crippen LogP contribution in [-0.4, -0.2) is 5.11 Å². The van der Waals surface area contributed by atoms with Crippen LogP contribution < -0.4 is 5.43 Å². The number of phenolic OH excluding ortho intramolecular Hbond substituents is 1. The van der Waals surface area contributed by atoms with Crippen molar-refractivity contribution in [2.45, 2.75) is 0 Å². The summed E-state index contributed by atoms with van der Waals surface area (Å²) in [5, 5.41) is 10.5. The second-order valence-electron chi connectivity index (χ2n) is 5.61. The lowest BCUT2D eigenvalue weighted by Crippen LogP contribution is -2.01. The zero-order valence-corrected chi connectivity index (χ0v) is 12.8. The first-order chi connectivity index (χ1) is 11.7. The van der Waals surface area contributed by atoms with Crippen molar-refractivity contribution in [3.8, 4) is 5.75 Å². The molecule has 24 heavy (non-hydrogen) atoms. The molecule has 0 bridgehead atoms. The molecule has 0 fully saturated rings. The van der Waals surface area contributed by atoms with Crippen LogP contribution in [0.5, 0.6) is 5.75 Å². The number of rotatable bonds is 2. The molecule has 116 valence electrons. The van der Waals surface area contributed by atoms with Crippen molar-refractivity contribution in [2.75, 3.05) is 0 Å². The van der Waals surface area contributed by atoms with Gasteiger partial charge in [0.2, 0.25) is 5.43 Å². The Hall–Kier alpha value is -3.33. The fourth-order valence-corrected chi connectivity index (χ4v) is 2.70. The summed E-state index contributed by atoms with van der Waals surface area (Å²) in [6.07, 6.45) is 3.89. The number of para-hydroxylation sites is 1. The summed E-state index contributed by atoms with van der Waals surface area (Å²) >= 11 is 0. The van der Waals surface area contributed by atoms with Gasteiger partial charge in [0.1, 0.15) is 16.9 Å². The van der Waals surface area contributed by atoms with Crippen LogP contribution in [0.2, 0.25) is 0 Å². The molecule has 0 aliphatic heterocycles. The molecule has 0 atom stereocenters. The van der Waals surface area contributed by atoms with Crippen LogP contribution in [0.1, 0.15) is 11.1 Å². The minimum absolute atomic E-state index is 0.0130. The molecule has 0 aliphatic rings. The van der Waals surface area contributed by atoms with Gasteiger partial charge in [-0.2, -0.15) is 0 Å². The third kappa shape index (κ3) is 2.57. The summed E-state index contributed by atoms with van der Waals surface area (Å²) in [5.74, 6) is 0.242. The Balaban J connectivity index is 1.79. The van der Waals surface area contributed by atoms with Crippen molar-refractivity contribution in [1.29, 1.82) is 0 Å². The maximum atomic E-state index is 12.5. The predicted octanol–water partition coefficient (Wildman–Crippen LogP) is 4.82. The van der Waals surface area contributed by atoms with Crippen molar-refractivity contribution >= 4 is 34.1 Å². The van der Waals surface area contributed by atoms with Gasteiger partial charge in [-0.05, 0) is 47.5 Å². The van der Waals surface area contributed by atoms with Gasteiger partial charge in [0, 0.05) is 0 Å². The van der Waals surface area contributed by atoms with Crippen molar-refractivity contribution in [3.63, 3.8) is 0 Å². The van der Waals surface area contributed by atoms with Crippen LogP contribution in [0.4, 0.5) is 0 Å². The lowest BCUT2D eigenvalue weighted by molar-refractivity contribution is 0.475. The average Bonchev–Trinajstić information content (AvgIpc) is 2.61. The molecule has 0 saturated heterocycles. The molecule has 3 aromatic carbocycles. The van der Waals surface area contributed by atoms with Crippen molar-refractivity contribution in [2.24, 2.45) is 0 Å². The van der Waals surface area contributed by atoms with E-state index in [9.17, 15) is 9.90 Å². The van der Waals surface area contributed by atoms with Gasteiger partial charge in [0.05, 0.1) is 10.8 Å². The van der Waals surface area contributed by atoms with Gasteiger partial charge in [-0.15, -0.1) is 0 Å². The highest BCUT2D eigenvalue weighted by atomic mass is 16.3. The third-order valence-corrected chi connectivity index (χ3v) is 3.96. The van der Waals surface area contributed by atoms with Gasteiger partial charge in [0.25, 0.3) is 0 Å². The van der Waals surface area contributed by atoms with E-state index in [0.29, 0.717) is 21.9 Å². The van der Waals surface area contributed by atoms with Gasteiger partial charge in [-0.3, -0.25) is 4.79 Å². The zero-order valence-electron chi connectivity index (χ0n) is 12.8. The molecule has 0 aliphatic carbocycles. The van der Waals surface area contributed by atoms with E-state index in [1.165, 1.54) is 0 Å². The zero-order chi connectivity index (χ0) is 16.5. The minimum Gasteiger partial charge on any atom is -0.508 e. The molecular formula is C21H14O3. The summed E-state index contributed by atoms with van der Waals surface area (Å²) in [7, 11) is 0. The van der Waals surface area contributed by atoms with E-state index in [1.54, 1.807) is 30.3 Å². The Labute approximate surface area is 138 Å². The van der Waals surface area contributed by atoms with E-state index in [4.69, 9.17) is 4.42 Å². The van der Waals surface area contributed by atoms with Crippen LogP contribution in [0.15, 0.2) is 75.9 Å². The van der Waals surface area contributed by atoms with Gasteiger partial charge < -0.3 is 9.52 Å². The third-order valence-electron chi connectivity index (χ3n) is 3.96. The fraction of sp³-hybridized carbons (Fsp3) is 0. The van der Waals surface area contributed by atoms with Gasteiger partial charge in [-0.1, -0.05) is 42.5 Å². The predicted molar refractivity (Wildman–Crippen MR) is 97.0 cm³/mol. The number of aromatic hydroxyl groups is 1. The summed E-state index contributed by atoms with van der Waals surface area (Å²) in [6.45, 7) is 0. The van der Waals surface area contributed by atoms with Crippen LogP contribution in [0, 0.1) is 0 Å². The lowest BCUT2D eigenvalue weighted by atomic mass is 10.1. The van der Waals surface area contributed by atoms with E-state index in [1.807, 2.05) is 48.6 Å². The van der Waals surface area contributed by atoms with Gasteiger partial charge in [-0.25, -0.2) is 0 Å². The summed E-state index contributed by atoms with van der Waals surface area (Å²) in [4.78, 5) is 12.5. The highest BCUT2D eigenvalue weighted by Crippen LogP contribution is 2.21. The number of phenols is 1. The monoisotopic (exact) mass is 314 g/mol. The fourth-order valence-electron chi connectivity index (χ4n) is 2.70. The second-order valence-corrected chi connectivity index (χ2v) is 5.61. The molecule has 0 radical (unpaired) electrons. The summed E-state index contributed by atoms with van der Waals surface area (Å²) in [5.41, 5.74) is 3.07. The molecule has 1 N–H and O–H groups in total. The smallest absolute Gasteiger partial charge is 0.200 e. The van der Waals surface area contributed by atoms with Crippen LogP contribution >= 0.6 is 0 Å². The average molecular weight is 314 g/mol. The Kier molecular flexibility index (Phi) is 3.39. The Bertz CT molecular complexity index is 1120. The first-order valence-corrected chi connectivity index (χ1v) is 7.63. The largest absolute Gasteiger partial charge is 0.508 e. The standard InChI is InChI=1S/C21H14O3/c22-16-10-7-14(8-11-16)5-6-15-9-12-18-20(13-15)24-19-4-2-1-3-17(19)21(18)23/h1-13,22H. The molecule has 1 aromatic heterocycles. The molecule has 1 heterocycles. The maximum Gasteiger partial charge on any atom is 0.200 e. The number of hydrogen-bond donors (Lipinski definition) is 1. The molecule has 0 saturated carbocycles. The number of hydrogen-bond acceptors (Lipinski definition) is 3. The van der Waals surface area contributed by atoms with E-state index in [0.717, 1.165) is 11.1 Å². The highest BCUT2D eigenvalue weighted by Gasteiger charge is 2.06. The Morgan fingerprint density at radius 1 is 0.750 bits per heavy atom. The lowest BCUT2D eigenvalue weighted by Gasteiger charge is -2.02. The molecular weight excluding hydrogens is 300 g/mol. The van der Waals surface area contributed by atoms with Crippen molar-refractivity contribution < 1.29 is 9.52 Å². The van der Waals surface area contributed by atoms with E-state index in [2.05, 4.69) is 0 Å². The quantitative estimate of drug-likeness (QED) is 0.426. The van der Waals surface area contributed by atoms with E-state index < -0.39 is 0 Å². The van der Waals surface area contributed by atoms with E-state index >= 15 is 0 Å². The van der Waals surface area contributed by atoms with Crippen molar-refractivity contribution in [3.05, 3.63) is 88.1 Å². The Morgan fingerprint density at radius 3 is 2.25 bits per heavy atom. The van der Waals surface area contributed by atoms with Gasteiger partial charge in [0.15, 0.2) is 0 Å². The molecule has 0 unspecified atom stereocenters.